The molecule has 8 unspecified atom stereocenters. The highest BCUT2D eigenvalue weighted by Crippen LogP contribution is 2.87. The van der Waals surface area contributed by atoms with Gasteiger partial charge in [0, 0.05) is 41.4 Å². The van der Waals surface area contributed by atoms with Crippen LogP contribution in [0.15, 0.2) is 121 Å². The van der Waals surface area contributed by atoms with E-state index < -0.39 is 5.60 Å². The molecule has 1 saturated carbocycles. The molecule has 4 aromatic carbocycles. The Morgan fingerprint density at radius 1 is 0.579 bits per heavy atom. The smallest absolute Gasteiger partial charge is 0.135 e. The van der Waals surface area contributed by atoms with E-state index in [-0.39, 0.29) is 41.4 Å². The second-order valence-electron chi connectivity index (χ2n) is 11.4. The lowest BCUT2D eigenvalue weighted by atomic mass is 9.39. The predicted molar refractivity (Wildman–Crippen MR) is 148 cm³/mol. The van der Waals surface area contributed by atoms with Crippen molar-refractivity contribution >= 4 is 0 Å². The molecule has 4 aromatic rings. The highest BCUT2D eigenvalue weighted by Gasteiger charge is 2.89. The summed E-state index contributed by atoms with van der Waals surface area (Å²) in [4.78, 5) is 5.31. The van der Waals surface area contributed by atoms with Gasteiger partial charge in [-0.1, -0.05) is 127 Å². The van der Waals surface area contributed by atoms with E-state index in [9.17, 15) is 5.11 Å². The topological polar surface area (TPSA) is 26.7 Å². The molecule has 1 N–H and O–H groups in total. The minimum absolute atomic E-state index is 0.0339. The van der Waals surface area contributed by atoms with E-state index in [2.05, 4.69) is 137 Å². The Morgan fingerprint density at radius 2 is 0.921 bits per heavy atom. The van der Waals surface area contributed by atoms with Gasteiger partial charge >= 0.3 is 0 Å². The summed E-state index contributed by atoms with van der Waals surface area (Å²) < 4.78 is 0. The standard InChI is InChI=1S/C35H30N2O/c1-2-34(38)30-28(24-15-7-3-8-16-24)36-23-37-29(25-17-9-4-10-18-25)31(34)35(30,32(36)26-19-11-5-12-20-26)33(37)27-21-13-6-14-22-27/h1,3-22,28-33,38H,23H2. The molecule has 3 bridgehead atoms. The Labute approximate surface area is 224 Å². The van der Waals surface area contributed by atoms with Crippen molar-refractivity contribution in [3.8, 4) is 12.3 Å². The van der Waals surface area contributed by atoms with Crippen LogP contribution >= 0.6 is 0 Å². The van der Waals surface area contributed by atoms with E-state index in [1.807, 2.05) is 0 Å². The SMILES string of the molecule is C#CC1(O)C2C(c3ccccc3)N3CN4C(c5ccccc5)C1C2(C3c1ccccc1)C4c1ccccc1. The number of aliphatic hydroxyl groups is 1. The van der Waals surface area contributed by atoms with Gasteiger partial charge in [0.05, 0.1) is 6.67 Å². The first kappa shape index (κ1) is 22.3. The van der Waals surface area contributed by atoms with Crippen LogP contribution in [0, 0.1) is 29.6 Å². The maximum absolute atomic E-state index is 12.6. The third-order valence-electron chi connectivity index (χ3n) is 10.1. The van der Waals surface area contributed by atoms with Gasteiger partial charge in [0.2, 0.25) is 0 Å². The van der Waals surface area contributed by atoms with Gasteiger partial charge in [-0.3, -0.25) is 9.80 Å². The summed E-state index contributed by atoms with van der Waals surface area (Å²) >= 11 is 0. The van der Waals surface area contributed by atoms with Crippen LogP contribution in [0.4, 0.5) is 0 Å². The fourth-order valence-corrected chi connectivity index (χ4v) is 9.20. The molecule has 3 nitrogen and oxygen atoms in total. The minimum atomic E-state index is -1.22. The number of rotatable bonds is 4. The Hall–Kier alpha value is -3.68. The summed E-state index contributed by atoms with van der Waals surface area (Å²) in [6.07, 6.45) is 6.35. The Kier molecular flexibility index (Phi) is 4.65. The molecule has 0 aromatic heterocycles. The Bertz CT molecular complexity index is 1410. The first-order valence-electron chi connectivity index (χ1n) is 13.6. The lowest BCUT2D eigenvalue weighted by Gasteiger charge is -2.63. The van der Waals surface area contributed by atoms with E-state index in [0.717, 1.165) is 6.67 Å². The number of hydrogen-bond donors (Lipinski definition) is 1. The van der Waals surface area contributed by atoms with Crippen molar-refractivity contribution in [3.63, 3.8) is 0 Å². The van der Waals surface area contributed by atoms with E-state index in [1.54, 1.807) is 0 Å². The van der Waals surface area contributed by atoms with Gasteiger partial charge < -0.3 is 5.11 Å². The number of terminal acetylenes is 1. The first-order valence-corrected chi connectivity index (χ1v) is 13.6. The van der Waals surface area contributed by atoms with Crippen molar-refractivity contribution in [2.75, 3.05) is 6.67 Å². The van der Waals surface area contributed by atoms with Crippen LogP contribution in [0.2, 0.25) is 0 Å². The number of nitrogens with zero attached hydrogens (tertiary/aromatic N) is 2. The van der Waals surface area contributed by atoms with Gasteiger partial charge in [0.25, 0.3) is 0 Å². The van der Waals surface area contributed by atoms with Crippen LogP contribution in [0.5, 0.6) is 0 Å². The summed E-state index contributed by atoms with van der Waals surface area (Å²) in [5.41, 5.74) is 3.63. The van der Waals surface area contributed by atoms with Crippen LogP contribution in [-0.2, 0) is 0 Å². The fraction of sp³-hybridized carbons (Fsp3) is 0.257. The molecule has 8 atom stereocenters. The number of fused-ring (bicyclic) bond motifs is 2. The second-order valence-corrected chi connectivity index (χ2v) is 11.4. The maximum atomic E-state index is 12.6. The normalized spacial score (nSPS) is 39.8. The van der Waals surface area contributed by atoms with E-state index >= 15 is 0 Å². The van der Waals surface area contributed by atoms with Crippen molar-refractivity contribution in [2.45, 2.75) is 29.8 Å². The molecule has 3 heterocycles. The van der Waals surface area contributed by atoms with Gasteiger partial charge in [-0.05, 0) is 22.3 Å². The van der Waals surface area contributed by atoms with Crippen molar-refractivity contribution in [1.82, 2.24) is 9.80 Å². The van der Waals surface area contributed by atoms with Crippen LogP contribution in [0.3, 0.4) is 0 Å². The zero-order chi connectivity index (χ0) is 25.5. The van der Waals surface area contributed by atoms with Crippen LogP contribution < -0.4 is 0 Å². The molecule has 3 heteroatoms. The molecule has 3 saturated heterocycles. The summed E-state index contributed by atoms with van der Waals surface area (Å²) in [5, 5.41) is 12.6. The summed E-state index contributed by atoms with van der Waals surface area (Å²) in [6.45, 7) is 0.813. The third kappa shape index (κ3) is 2.56. The molecule has 0 radical (unpaired) electrons. The van der Waals surface area contributed by atoms with Crippen LogP contribution in [-0.4, -0.2) is 27.2 Å². The van der Waals surface area contributed by atoms with Crippen molar-refractivity contribution in [2.24, 2.45) is 17.3 Å². The molecule has 8 rings (SSSR count). The van der Waals surface area contributed by atoms with Crippen molar-refractivity contribution < 1.29 is 5.11 Å². The molecule has 38 heavy (non-hydrogen) atoms. The average molecular weight is 495 g/mol. The predicted octanol–water partition coefficient (Wildman–Crippen LogP) is 6.15. The highest BCUT2D eigenvalue weighted by molar-refractivity contribution is 5.51. The maximum Gasteiger partial charge on any atom is 0.135 e. The Morgan fingerprint density at radius 3 is 1.26 bits per heavy atom. The van der Waals surface area contributed by atoms with E-state index in [4.69, 9.17) is 6.42 Å². The first-order chi connectivity index (χ1) is 18.7. The fourth-order valence-electron chi connectivity index (χ4n) is 9.20. The molecular formula is C35H30N2O. The molecule has 4 fully saturated rings. The largest absolute Gasteiger partial charge is 0.377 e. The molecule has 186 valence electrons. The molecule has 0 amide bonds. The van der Waals surface area contributed by atoms with E-state index in [1.165, 1.54) is 22.3 Å². The lowest BCUT2D eigenvalue weighted by Crippen LogP contribution is -2.69. The summed E-state index contributed by atoms with van der Waals surface area (Å²) in [5.74, 6) is 2.81. The van der Waals surface area contributed by atoms with Gasteiger partial charge in [0.1, 0.15) is 5.60 Å². The van der Waals surface area contributed by atoms with Gasteiger partial charge in [0.15, 0.2) is 0 Å². The molecule has 3 aliphatic heterocycles. The molecular weight excluding hydrogens is 464 g/mol. The van der Waals surface area contributed by atoms with Gasteiger partial charge in [-0.2, -0.15) is 0 Å². The second kappa shape index (κ2) is 7.91. The number of hydrogen-bond acceptors (Lipinski definition) is 3. The summed E-state index contributed by atoms with van der Waals surface area (Å²) in [6, 6.07) is 43.7. The van der Waals surface area contributed by atoms with E-state index in [0.29, 0.717) is 0 Å². The third-order valence-corrected chi connectivity index (χ3v) is 10.1. The van der Waals surface area contributed by atoms with Crippen molar-refractivity contribution in [1.29, 1.82) is 0 Å². The Balaban J connectivity index is 1.44. The molecule has 4 aliphatic rings. The van der Waals surface area contributed by atoms with Crippen LogP contribution in [0.1, 0.15) is 46.4 Å². The van der Waals surface area contributed by atoms with Crippen LogP contribution in [0.25, 0.3) is 0 Å². The van der Waals surface area contributed by atoms with Gasteiger partial charge in [-0.15, -0.1) is 6.42 Å². The molecule has 1 spiro atoms. The number of benzene rings is 4. The minimum Gasteiger partial charge on any atom is -0.377 e. The summed E-state index contributed by atoms with van der Waals surface area (Å²) in [7, 11) is 0. The quantitative estimate of drug-likeness (QED) is 0.345. The molecule has 1 aliphatic carbocycles. The zero-order valence-electron chi connectivity index (χ0n) is 21.1. The zero-order valence-corrected chi connectivity index (χ0v) is 21.1. The van der Waals surface area contributed by atoms with Gasteiger partial charge in [-0.25, -0.2) is 0 Å². The average Bonchev–Trinajstić information content (AvgIpc) is 3.30. The van der Waals surface area contributed by atoms with Crippen molar-refractivity contribution in [3.05, 3.63) is 144 Å². The lowest BCUT2D eigenvalue weighted by molar-refractivity contribution is -0.211. The highest BCUT2D eigenvalue weighted by atomic mass is 16.3. The monoisotopic (exact) mass is 494 g/mol.